The fourth-order valence-electron chi connectivity index (χ4n) is 4.80. The van der Waals surface area contributed by atoms with Crippen molar-refractivity contribution in [3.63, 3.8) is 0 Å². The molecule has 4 heteroatoms. The summed E-state index contributed by atoms with van der Waals surface area (Å²) in [5.74, 6) is 4.94. The molecule has 4 unspecified atom stereocenters. The monoisotopic (exact) mass is 260 g/mol. The summed E-state index contributed by atoms with van der Waals surface area (Å²) in [6.45, 7) is 5.14. The molecule has 4 nitrogen and oxygen atoms in total. The number of hydrogen-bond donors (Lipinski definition) is 2. The molecule has 0 radical (unpaired) electrons. The Balaban J connectivity index is 1.55. The number of anilines is 2. The highest BCUT2D eigenvalue weighted by Gasteiger charge is 2.65. The van der Waals surface area contributed by atoms with Crippen molar-refractivity contribution in [2.75, 3.05) is 11.1 Å². The van der Waals surface area contributed by atoms with Crippen LogP contribution in [0, 0.1) is 30.6 Å². The summed E-state index contributed by atoms with van der Waals surface area (Å²) in [6, 6.07) is 0.681. The van der Waals surface area contributed by atoms with Crippen LogP contribution in [0.1, 0.15) is 38.3 Å². The lowest BCUT2D eigenvalue weighted by Gasteiger charge is -2.14. The van der Waals surface area contributed by atoms with Crippen molar-refractivity contribution in [1.29, 1.82) is 0 Å². The Bertz CT molecular complexity index is 490. The molecule has 3 saturated carbocycles. The van der Waals surface area contributed by atoms with E-state index in [0.29, 0.717) is 6.04 Å². The third-order valence-corrected chi connectivity index (χ3v) is 5.65. The molecule has 1 aromatic heterocycles. The Labute approximate surface area is 114 Å². The molecule has 0 spiro atoms. The van der Waals surface area contributed by atoms with Crippen molar-refractivity contribution in [3.8, 4) is 0 Å². The lowest BCUT2D eigenvalue weighted by molar-refractivity contribution is 0.456. The van der Waals surface area contributed by atoms with E-state index in [2.05, 4.69) is 22.0 Å². The summed E-state index contributed by atoms with van der Waals surface area (Å²) in [5.41, 5.74) is 8.01. The predicted octanol–water partition coefficient (Wildman–Crippen LogP) is 2.64. The van der Waals surface area contributed by atoms with Crippen LogP contribution in [0.25, 0.3) is 0 Å². The first-order valence-corrected chi connectivity index (χ1v) is 7.80. The van der Waals surface area contributed by atoms with E-state index in [1.807, 2.05) is 6.92 Å². The fraction of sp³-hybridized carbons (Fsp3) is 0.800. The van der Waals surface area contributed by atoms with Gasteiger partial charge in [0.25, 0.3) is 0 Å². The Kier molecular flexibility index (Phi) is 2.39. The van der Waals surface area contributed by atoms with E-state index >= 15 is 0 Å². The maximum atomic E-state index is 6.20. The third-order valence-electron chi connectivity index (χ3n) is 5.65. The Morgan fingerprint density at radius 3 is 2.63 bits per heavy atom. The normalized spacial score (nSPS) is 38.5. The highest BCUT2D eigenvalue weighted by atomic mass is 15.3. The lowest BCUT2D eigenvalue weighted by atomic mass is 10.0. The summed E-state index contributed by atoms with van der Waals surface area (Å²) in [4.78, 5) is 0. The minimum atomic E-state index is 0.681. The molecule has 0 aliphatic heterocycles. The van der Waals surface area contributed by atoms with E-state index in [-0.39, 0.29) is 0 Å². The molecule has 104 valence electrons. The lowest BCUT2D eigenvalue weighted by Crippen LogP contribution is -2.17. The minimum Gasteiger partial charge on any atom is -0.394 e. The van der Waals surface area contributed by atoms with Gasteiger partial charge in [-0.05, 0) is 56.3 Å². The fourth-order valence-corrected chi connectivity index (χ4v) is 4.80. The molecule has 3 fully saturated rings. The number of aryl methyl sites for hydroxylation is 2. The summed E-state index contributed by atoms with van der Waals surface area (Å²) in [5, 5.41) is 8.29. The van der Waals surface area contributed by atoms with Crippen LogP contribution in [0.3, 0.4) is 0 Å². The molecule has 0 aromatic carbocycles. The summed E-state index contributed by atoms with van der Waals surface area (Å²) in [7, 11) is 0. The Hall–Kier alpha value is -1.19. The van der Waals surface area contributed by atoms with Gasteiger partial charge >= 0.3 is 0 Å². The highest BCUT2D eigenvalue weighted by Crippen LogP contribution is 2.66. The largest absolute Gasteiger partial charge is 0.394 e. The van der Waals surface area contributed by atoms with Gasteiger partial charge in [-0.25, -0.2) is 4.68 Å². The molecular weight excluding hydrogens is 236 g/mol. The molecule has 0 saturated heterocycles. The zero-order valence-corrected chi connectivity index (χ0v) is 11.9. The first-order valence-electron chi connectivity index (χ1n) is 7.80. The van der Waals surface area contributed by atoms with E-state index in [0.717, 1.165) is 53.8 Å². The standard InChI is InChI=1S/C15H24N4/c1-3-6-19-15(13(16)8(2)18-19)17-14-11-9-4-5-10(7-9)12(11)14/h9-12,14,17H,3-7,16H2,1-2H3. The number of nitrogens with one attached hydrogen (secondary N) is 1. The smallest absolute Gasteiger partial charge is 0.148 e. The average Bonchev–Trinajstić information content (AvgIpc) is 2.71. The number of rotatable bonds is 4. The van der Waals surface area contributed by atoms with Gasteiger partial charge in [0.05, 0.1) is 11.4 Å². The number of fused-ring (bicyclic) bond motifs is 5. The second-order valence-electron chi connectivity index (χ2n) is 6.73. The van der Waals surface area contributed by atoms with Gasteiger partial charge in [-0.1, -0.05) is 6.92 Å². The molecule has 2 bridgehead atoms. The summed E-state index contributed by atoms with van der Waals surface area (Å²) < 4.78 is 2.07. The van der Waals surface area contributed by atoms with Crippen LogP contribution in [-0.2, 0) is 6.54 Å². The average molecular weight is 260 g/mol. The van der Waals surface area contributed by atoms with Crippen molar-refractivity contribution in [2.45, 2.75) is 52.1 Å². The second kappa shape index (κ2) is 3.90. The van der Waals surface area contributed by atoms with Crippen LogP contribution in [0.5, 0.6) is 0 Å². The SMILES string of the molecule is CCCn1nc(C)c(N)c1NC1C2C3CCC(C3)C12. The number of nitrogens with zero attached hydrogens (tertiary/aromatic N) is 2. The number of nitrogen functional groups attached to an aromatic ring is 1. The van der Waals surface area contributed by atoms with E-state index in [4.69, 9.17) is 5.73 Å². The quantitative estimate of drug-likeness (QED) is 0.875. The first kappa shape index (κ1) is 11.6. The van der Waals surface area contributed by atoms with Gasteiger partial charge < -0.3 is 11.1 Å². The van der Waals surface area contributed by atoms with Gasteiger partial charge in [0.2, 0.25) is 0 Å². The Morgan fingerprint density at radius 2 is 2.00 bits per heavy atom. The molecule has 4 rings (SSSR count). The zero-order valence-electron chi connectivity index (χ0n) is 11.9. The maximum Gasteiger partial charge on any atom is 0.148 e. The highest BCUT2D eigenvalue weighted by molar-refractivity contribution is 5.66. The number of hydrogen-bond acceptors (Lipinski definition) is 3. The molecular formula is C15H24N4. The van der Waals surface area contributed by atoms with Crippen LogP contribution < -0.4 is 11.1 Å². The van der Waals surface area contributed by atoms with Gasteiger partial charge in [0.1, 0.15) is 5.82 Å². The predicted molar refractivity (Wildman–Crippen MR) is 76.9 cm³/mol. The van der Waals surface area contributed by atoms with Crippen molar-refractivity contribution >= 4 is 11.5 Å². The van der Waals surface area contributed by atoms with Gasteiger partial charge in [-0.15, -0.1) is 0 Å². The van der Waals surface area contributed by atoms with Gasteiger partial charge in [0.15, 0.2) is 0 Å². The van der Waals surface area contributed by atoms with Crippen LogP contribution in [0.15, 0.2) is 0 Å². The van der Waals surface area contributed by atoms with E-state index in [1.165, 1.54) is 19.3 Å². The van der Waals surface area contributed by atoms with Crippen molar-refractivity contribution in [3.05, 3.63) is 5.69 Å². The zero-order chi connectivity index (χ0) is 13.1. The van der Waals surface area contributed by atoms with Crippen LogP contribution in [-0.4, -0.2) is 15.8 Å². The Morgan fingerprint density at radius 1 is 1.32 bits per heavy atom. The molecule has 19 heavy (non-hydrogen) atoms. The maximum absolute atomic E-state index is 6.20. The van der Waals surface area contributed by atoms with Gasteiger partial charge in [-0.2, -0.15) is 5.10 Å². The third kappa shape index (κ3) is 1.55. The molecule has 3 aliphatic carbocycles. The topological polar surface area (TPSA) is 55.9 Å². The van der Waals surface area contributed by atoms with Crippen molar-refractivity contribution < 1.29 is 0 Å². The minimum absolute atomic E-state index is 0.681. The summed E-state index contributed by atoms with van der Waals surface area (Å²) >= 11 is 0. The second-order valence-corrected chi connectivity index (χ2v) is 6.73. The molecule has 3 aliphatic rings. The van der Waals surface area contributed by atoms with E-state index in [1.54, 1.807) is 0 Å². The van der Waals surface area contributed by atoms with Crippen LogP contribution in [0.4, 0.5) is 11.5 Å². The summed E-state index contributed by atoms with van der Waals surface area (Å²) in [6.07, 6.45) is 5.52. The molecule has 4 atom stereocenters. The van der Waals surface area contributed by atoms with Crippen molar-refractivity contribution in [2.24, 2.45) is 23.7 Å². The van der Waals surface area contributed by atoms with E-state index < -0.39 is 0 Å². The van der Waals surface area contributed by atoms with Gasteiger partial charge in [-0.3, -0.25) is 0 Å². The van der Waals surface area contributed by atoms with Crippen molar-refractivity contribution in [1.82, 2.24) is 9.78 Å². The van der Waals surface area contributed by atoms with Crippen LogP contribution >= 0.6 is 0 Å². The molecule has 3 N–H and O–H groups in total. The molecule has 0 amide bonds. The molecule has 1 heterocycles. The number of nitrogens with two attached hydrogens (primary N) is 1. The van der Waals surface area contributed by atoms with E-state index in [9.17, 15) is 0 Å². The van der Waals surface area contributed by atoms with Crippen LogP contribution in [0.2, 0.25) is 0 Å². The molecule has 1 aromatic rings. The first-order chi connectivity index (χ1) is 9.20. The number of aromatic nitrogens is 2. The van der Waals surface area contributed by atoms with Gasteiger partial charge in [0, 0.05) is 12.6 Å².